The number of carboxylic acid groups (broad SMARTS) is 1. The van der Waals surface area contributed by atoms with Crippen LogP contribution >= 0.6 is 11.3 Å². The monoisotopic (exact) mass is 434 g/mol. The number of aromatic nitrogens is 2. The highest BCUT2D eigenvalue weighted by atomic mass is 32.1. The number of methoxy groups -OCH3 is 1. The molecule has 1 unspecified atom stereocenters. The molecule has 0 radical (unpaired) electrons. The summed E-state index contributed by atoms with van der Waals surface area (Å²) in [4.78, 5) is 23.5. The SMILES string of the molecule is COCCN1CCN(Cc2c(C(=O)O)nc3sc4c(n23)CCC(C(C)(C)C)C4)CC1. The first kappa shape index (κ1) is 21.7. The second-order valence-electron chi connectivity index (χ2n) is 9.72. The lowest BCUT2D eigenvalue weighted by atomic mass is 9.73. The van der Waals surface area contributed by atoms with Crippen LogP contribution in [0.15, 0.2) is 0 Å². The minimum absolute atomic E-state index is 0.226. The quantitative estimate of drug-likeness (QED) is 0.754. The first-order valence-electron chi connectivity index (χ1n) is 11.0. The third-order valence-corrected chi connectivity index (χ3v) is 7.89. The number of rotatable bonds is 6. The fraction of sp³-hybridized carbons (Fsp3) is 0.727. The molecule has 1 aliphatic carbocycles. The number of hydrogen-bond acceptors (Lipinski definition) is 6. The van der Waals surface area contributed by atoms with Gasteiger partial charge >= 0.3 is 5.97 Å². The summed E-state index contributed by atoms with van der Waals surface area (Å²) in [6.45, 7) is 13.2. The molecule has 4 rings (SSSR count). The zero-order valence-corrected chi connectivity index (χ0v) is 19.4. The topological polar surface area (TPSA) is 70.3 Å². The Balaban J connectivity index is 1.57. The summed E-state index contributed by atoms with van der Waals surface area (Å²) in [5, 5.41) is 9.79. The molecule has 0 spiro atoms. The van der Waals surface area contributed by atoms with Gasteiger partial charge in [-0.15, -0.1) is 11.3 Å². The van der Waals surface area contributed by atoms with E-state index in [1.54, 1.807) is 18.4 Å². The Kier molecular flexibility index (Phi) is 6.21. The maximum atomic E-state index is 11.9. The van der Waals surface area contributed by atoms with Crippen molar-refractivity contribution in [1.29, 1.82) is 0 Å². The van der Waals surface area contributed by atoms with Crippen molar-refractivity contribution in [1.82, 2.24) is 19.2 Å². The summed E-state index contributed by atoms with van der Waals surface area (Å²) < 4.78 is 7.37. The van der Waals surface area contributed by atoms with E-state index >= 15 is 0 Å². The lowest BCUT2D eigenvalue weighted by molar-refractivity contribution is 0.0684. The van der Waals surface area contributed by atoms with Crippen molar-refractivity contribution >= 4 is 22.3 Å². The van der Waals surface area contributed by atoms with E-state index in [0.717, 1.165) is 69.2 Å². The van der Waals surface area contributed by atoms with Gasteiger partial charge in [-0.05, 0) is 30.6 Å². The fourth-order valence-electron chi connectivity index (χ4n) is 4.78. The molecular weight excluding hydrogens is 400 g/mol. The zero-order valence-electron chi connectivity index (χ0n) is 18.6. The second kappa shape index (κ2) is 8.57. The van der Waals surface area contributed by atoms with E-state index < -0.39 is 5.97 Å². The predicted molar refractivity (Wildman–Crippen MR) is 119 cm³/mol. The number of hydrogen-bond donors (Lipinski definition) is 1. The van der Waals surface area contributed by atoms with Crippen LogP contribution in [-0.2, 0) is 24.1 Å². The predicted octanol–water partition coefficient (Wildman–Crippen LogP) is 3.01. The van der Waals surface area contributed by atoms with Crippen molar-refractivity contribution in [2.75, 3.05) is 46.4 Å². The van der Waals surface area contributed by atoms with Crippen molar-refractivity contribution in [3.05, 3.63) is 22.0 Å². The average Bonchev–Trinajstić information content (AvgIpc) is 3.23. The number of imidazole rings is 1. The van der Waals surface area contributed by atoms with Gasteiger partial charge < -0.3 is 9.84 Å². The van der Waals surface area contributed by atoms with E-state index in [9.17, 15) is 9.90 Å². The highest BCUT2D eigenvalue weighted by molar-refractivity contribution is 7.17. The average molecular weight is 435 g/mol. The maximum Gasteiger partial charge on any atom is 0.356 e. The summed E-state index contributed by atoms with van der Waals surface area (Å²) in [5.41, 5.74) is 2.67. The fourth-order valence-corrected chi connectivity index (χ4v) is 6.04. The number of carboxylic acids is 1. The zero-order chi connectivity index (χ0) is 21.5. The molecule has 0 bridgehead atoms. The molecule has 0 amide bonds. The molecule has 1 saturated heterocycles. The van der Waals surface area contributed by atoms with E-state index in [2.05, 4.69) is 40.0 Å². The van der Waals surface area contributed by atoms with E-state index in [0.29, 0.717) is 17.9 Å². The largest absolute Gasteiger partial charge is 0.476 e. The van der Waals surface area contributed by atoms with Crippen molar-refractivity contribution in [2.45, 2.75) is 46.6 Å². The van der Waals surface area contributed by atoms with Gasteiger partial charge in [-0.1, -0.05) is 20.8 Å². The number of thiazole rings is 1. The molecule has 30 heavy (non-hydrogen) atoms. The molecule has 1 atom stereocenters. The molecule has 166 valence electrons. The molecule has 1 fully saturated rings. The first-order valence-corrected chi connectivity index (χ1v) is 11.8. The third kappa shape index (κ3) is 4.28. The van der Waals surface area contributed by atoms with Crippen LogP contribution in [0.25, 0.3) is 4.96 Å². The Morgan fingerprint density at radius 1 is 1.23 bits per heavy atom. The smallest absolute Gasteiger partial charge is 0.356 e. The Bertz CT molecular complexity index is 906. The Labute approximate surface area is 182 Å². The number of aromatic carboxylic acids is 1. The Morgan fingerprint density at radius 3 is 2.57 bits per heavy atom. The van der Waals surface area contributed by atoms with Gasteiger partial charge in [-0.2, -0.15) is 0 Å². The van der Waals surface area contributed by atoms with Crippen LogP contribution in [0.3, 0.4) is 0 Å². The second-order valence-corrected chi connectivity index (χ2v) is 10.8. The Hall–Kier alpha value is -1.48. The molecule has 7 nitrogen and oxygen atoms in total. The molecule has 2 aliphatic rings. The van der Waals surface area contributed by atoms with Crippen LogP contribution in [0.4, 0.5) is 0 Å². The van der Waals surface area contributed by atoms with Gasteiger partial charge in [0.15, 0.2) is 10.7 Å². The first-order chi connectivity index (χ1) is 14.3. The summed E-state index contributed by atoms with van der Waals surface area (Å²) in [7, 11) is 1.74. The van der Waals surface area contributed by atoms with Crippen molar-refractivity contribution in [3.63, 3.8) is 0 Å². The van der Waals surface area contributed by atoms with Gasteiger partial charge in [0.05, 0.1) is 12.3 Å². The number of piperazine rings is 1. The lowest BCUT2D eigenvalue weighted by Gasteiger charge is -2.35. The van der Waals surface area contributed by atoms with Crippen LogP contribution in [0.2, 0.25) is 0 Å². The van der Waals surface area contributed by atoms with Gasteiger partial charge in [0.1, 0.15) is 0 Å². The lowest BCUT2D eigenvalue weighted by Crippen LogP contribution is -2.47. The van der Waals surface area contributed by atoms with Gasteiger partial charge in [0.2, 0.25) is 0 Å². The number of fused-ring (bicyclic) bond motifs is 3. The summed E-state index contributed by atoms with van der Waals surface area (Å²) in [6.07, 6.45) is 3.23. The summed E-state index contributed by atoms with van der Waals surface area (Å²) in [6, 6.07) is 0. The molecule has 2 aromatic heterocycles. The van der Waals surface area contributed by atoms with E-state index in [-0.39, 0.29) is 5.69 Å². The van der Waals surface area contributed by atoms with Crippen molar-refractivity contribution in [2.24, 2.45) is 11.3 Å². The van der Waals surface area contributed by atoms with Crippen LogP contribution in [0.1, 0.15) is 53.9 Å². The molecule has 1 N–H and O–H groups in total. The minimum atomic E-state index is -0.920. The van der Waals surface area contributed by atoms with Gasteiger partial charge in [-0.3, -0.25) is 14.2 Å². The molecule has 0 saturated carbocycles. The van der Waals surface area contributed by atoms with E-state index in [4.69, 9.17) is 4.74 Å². The van der Waals surface area contributed by atoms with Gasteiger partial charge in [0, 0.05) is 56.9 Å². The highest BCUT2D eigenvalue weighted by Gasteiger charge is 2.33. The van der Waals surface area contributed by atoms with Crippen molar-refractivity contribution < 1.29 is 14.6 Å². The van der Waals surface area contributed by atoms with E-state index in [1.165, 1.54) is 10.6 Å². The van der Waals surface area contributed by atoms with Crippen LogP contribution in [0, 0.1) is 11.3 Å². The molecule has 2 aromatic rings. The number of ether oxygens (including phenoxy) is 1. The minimum Gasteiger partial charge on any atom is -0.476 e. The summed E-state index contributed by atoms with van der Waals surface area (Å²) in [5.74, 6) is -0.257. The Morgan fingerprint density at radius 2 is 1.93 bits per heavy atom. The molecule has 0 aromatic carbocycles. The van der Waals surface area contributed by atoms with Gasteiger partial charge in [0.25, 0.3) is 0 Å². The number of aryl methyl sites for hydroxylation is 1. The van der Waals surface area contributed by atoms with E-state index in [1.807, 2.05) is 0 Å². The number of nitrogens with zero attached hydrogens (tertiary/aromatic N) is 4. The maximum absolute atomic E-state index is 11.9. The van der Waals surface area contributed by atoms with Crippen molar-refractivity contribution in [3.8, 4) is 0 Å². The van der Waals surface area contributed by atoms with Crippen LogP contribution in [-0.4, -0.2) is 76.7 Å². The normalized spacial score (nSPS) is 21.3. The van der Waals surface area contributed by atoms with Gasteiger partial charge in [-0.25, -0.2) is 9.78 Å². The standard InChI is InChI=1S/C22H34N4O3S/c1-22(2,3)15-5-6-16-18(13-15)30-21-23-19(20(27)28)17(26(16)21)14-25-9-7-24(8-10-25)11-12-29-4/h15H,5-14H2,1-4H3,(H,27,28). The molecule has 3 heterocycles. The molecular formula is C22H34N4O3S. The van der Waals surface area contributed by atoms with Crippen LogP contribution in [0.5, 0.6) is 0 Å². The van der Waals surface area contributed by atoms with Crippen LogP contribution < -0.4 is 0 Å². The molecule has 8 heteroatoms. The summed E-state index contributed by atoms with van der Waals surface area (Å²) >= 11 is 1.69. The highest BCUT2D eigenvalue weighted by Crippen LogP contribution is 2.41. The number of carbonyl (C=O) groups is 1. The third-order valence-electron chi connectivity index (χ3n) is 6.79. The molecule has 1 aliphatic heterocycles.